The Labute approximate surface area is 116 Å². The van der Waals surface area contributed by atoms with Crippen LogP contribution in [0.1, 0.15) is 40.0 Å². The molecule has 1 saturated carbocycles. The van der Waals surface area contributed by atoms with Gasteiger partial charge in [0.2, 0.25) is 0 Å². The van der Waals surface area contributed by atoms with E-state index in [0.717, 1.165) is 6.42 Å². The molecular formula is C16H25FN2. The number of halogens is 1. The smallest absolute Gasteiger partial charge is 0.142 e. The van der Waals surface area contributed by atoms with Crippen molar-refractivity contribution in [3.05, 3.63) is 47.6 Å². The van der Waals surface area contributed by atoms with Crippen LogP contribution in [-0.2, 0) is 0 Å². The summed E-state index contributed by atoms with van der Waals surface area (Å²) in [5.41, 5.74) is 7.81. The minimum Gasteiger partial charge on any atom is -0.399 e. The zero-order valence-corrected chi connectivity index (χ0v) is 12.2. The molecule has 1 fully saturated rings. The lowest BCUT2D eigenvalue weighted by atomic mass is 10.1. The highest BCUT2D eigenvalue weighted by molar-refractivity contribution is 5.45. The molecule has 106 valence electrons. The third-order valence-corrected chi connectivity index (χ3v) is 3.47. The Morgan fingerprint density at radius 3 is 2.37 bits per heavy atom. The third kappa shape index (κ3) is 4.58. The molecule has 1 unspecified atom stereocenters. The standard InChI is InChI=1S/C16H25FN2/c1-6-16(13-7-8-13)19-12(5)15(17)9-14(10(2)3)11(4)18/h9,13,16,19H,2,4,6-8,18H2,1,3,5H3/b14-9+,15-12-. The normalized spacial score (nSPS) is 18.6. The first-order valence-electron chi connectivity index (χ1n) is 6.82. The zero-order chi connectivity index (χ0) is 14.6. The predicted octanol–water partition coefficient (Wildman–Crippen LogP) is 3.94. The van der Waals surface area contributed by atoms with Crippen molar-refractivity contribution in [1.82, 2.24) is 5.32 Å². The third-order valence-electron chi connectivity index (χ3n) is 3.47. The van der Waals surface area contributed by atoms with Crippen molar-refractivity contribution < 1.29 is 4.39 Å². The summed E-state index contributed by atoms with van der Waals surface area (Å²) in [5, 5.41) is 3.27. The molecule has 3 N–H and O–H groups in total. The van der Waals surface area contributed by atoms with Crippen LogP contribution in [0.4, 0.5) is 4.39 Å². The maximum absolute atomic E-state index is 14.2. The van der Waals surface area contributed by atoms with Gasteiger partial charge in [0.25, 0.3) is 0 Å². The van der Waals surface area contributed by atoms with E-state index in [9.17, 15) is 4.39 Å². The molecule has 3 heteroatoms. The van der Waals surface area contributed by atoms with Crippen LogP contribution in [0.2, 0.25) is 0 Å². The van der Waals surface area contributed by atoms with E-state index in [2.05, 4.69) is 25.4 Å². The number of hydrogen-bond acceptors (Lipinski definition) is 2. The highest BCUT2D eigenvalue weighted by Gasteiger charge is 2.30. The summed E-state index contributed by atoms with van der Waals surface area (Å²) in [6, 6.07) is 0.369. The van der Waals surface area contributed by atoms with Gasteiger partial charge in [0.1, 0.15) is 5.83 Å². The van der Waals surface area contributed by atoms with Crippen LogP contribution in [0.3, 0.4) is 0 Å². The fourth-order valence-electron chi connectivity index (χ4n) is 2.12. The quantitative estimate of drug-likeness (QED) is 0.683. The molecule has 1 rings (SSSR count). The van der Waals surface area contributed by atoms with Crippen LogP contribution in [0.25, 0.3) is 0 Å². The van der Waals surface area contributed by atoms with Gasteiger partial charge in [0.05, 0.1) is 0 Å². The number of rotatable bonds is 7. The van der Waals surface area contributed by atoms with E-state index in [-0.39, 0.29) is 5.83 Å². The Morgan fingerprint density at radius 1 is 1.42 bits per heavy atom. The van der Waals surface area contributed by atoms with Gasteiger partial charge in [-0.25, -0.2) is 4.39 Å². The number of nitrogens with one attached hydrogen (secondary N) is 1. The van der Waals surface area contributed by atoms with Crippen molar-refractivity contribution in [1.29, 1.82) is 0 Å². The molecule has 0 aliphatic heterocycles. The van der Waals surface area contributed by atoms with Crippen molar-refractivity contribution in [2.75, 3.05) is 0 Å². The van der Waals surface area contributed by atoms with Crippen molar-refractivity contribution in [2.45, 2.75) is 46.1 Å². The van der Waals surface area contributed by atoms with Crippen molar-refractivity contribution in [2.24, 2.45) is 11.7 Å². The van der Waals surface area contributed by atoms with E-state index >= 15 is 0 Å². The fraction of sp³-hybridized carbons (Fsp3) is 0.500. The van der Waals surface area contributed by atoms with Gasteiger partial charge in [-0.1, -0.05) is 20.1 Å². The molecule has 0 spiro atoms. The number of nitrogens with two attached hydrogens (primary N) is 1. The molecule has 2 nitrogen and oxygen atoms in total. The minimum absolute atomic E-state index is 0.302. The van der Waals surface area contributed by atoms with Crippen LogP contribution in [0, 0.1) is 5.92 Å². The number of allylic oxidation sites excluding steroid dienone is 4. The molecule has 0 aromatic rings. The average molecular weight is 264 g/mol. The first-order valence-corrected chi connectivity index (χ1v) is 6.82. The molecule has 0 saturated heterocycles. The SMILES string of the molecule is C=C(C)/C(=C\C(F)=C(/C)NC(CC)C1CC1)C(=C)N. The molecule has 0 radical (unpaired) electrons. The zero-order valence-electron chi connectivity index (χ0n) is 12.2. The van der Waals surface area contributed by atoms with Gasteiger partial charge in [-0.2, -0.15) is 0 Å². The van der Waals surface area contributed by atoms with E-state index in [0.29, 0.717) is 34.5 Å². The lowest BCUT2D eigenvalue weighted by Crippen LogP contribution is -2.29. The Morgan fingerprint density at radius 2 is 2.00 bits per heavy atom. The Balaban J connectivity index is 2.84. The summed E-state index contributed by atoms with van der Waals surface area (Å²) in [7, 11) is 0. The van der Waals surface area contributed by atoms with Gasteiger partial charge in [-0.15, -0.1) is 0 Å². The largest absolute Gasteiger partial charge is 0.399 e. The van der Waals surface area contributed by atoms with Crippen LogP contribution in [0.15, 0.2) is 47.6 Å². The van der Waals surface area contributed by atoms with Gasteiger partial charge in [0.15, 0.2) is 0 Å². The van der Waals surface area contributed by atoms with Gasteiger partial charge in [-0.05, 0) is 50.7 Å². The molecule has 0 aromatic carbocycles. The van der Waals surface area contributed by atoms with E-state index in [1.54, 1.807) is 13.8 Å². The van der Waals surface area contributed by atoms with Crippen molar-refractivity contribution in [3.63, 3.8) is 0 Å². The molecule has 1 aliphatic rings. The second-order valence-corrected chi connectivity index (χ2v) is 5.33. The summed E-state index contributed by atoms with van der Waals surface area (Å²) in [4.78, 5) is 0. The molecular weight excluding hydrogens is 239 g/mol. The van der Waals surface area contributed by atoms with Crippen LogP contribution in [-0.4, -0.2) is 6.04 Å². The highest BCUT2D eigenvalue weighted by Crippen LogP contribution is 2.34. The lowest BCUT2D eigenvalue weighted by molar-refractivity contribution is 0.480. The predicted molar refractivity (Wildman–Crippen MR) is 80.0 cm³/mol. The first kappa shape index (κ1) is 15.5. The van der Waals surface area contributed by atoms with E-state index in [4.69, 9.17) is 5.73 Å². The van der Waals surface area contributed by atoms with Gasteiger partial charge >= 0.3 is 0 Å². The maximum Gasteiger partial charge on any atom is 0.142 e. The molecule has 0 amide bonds. The maximum atomic E-state index is 14.2. The average Bonchev–Trinajstić information content (AvgIpc) is 3.15. The lowest BCUT2D eigenvalue weighted by Gasteiger charge is -2.18. The fourth-order valence-corrected chi connectivity index (χ4v) is 2.12. The van der Waals surface area contributed by atoms with Gasteiger partial charge < -0.3 is 11.1 Å². The second-order valence-electron chi connectivity index (χ2n) is 5.33. The van der Waals surface area contributed by atoms with E-state index in [1.807, 2.05) is 0 Å². The van der Waals surface area contributed by atoms with Gasteiger partial charge in [-0.3, -0.25) is 0 Å². The second kappa shape index (κ2) is 6.60. The van der Waals surface area contributed by atoms with Crippen LogP contribution < -0.4 is 11.1 Å². The van der Waals surface area contributed by atoms with Crippen LogP contribution in [0.5, 0.6) is 0 Å². The molecule has 0 bridgehead atoms. The first-order chi connectivity index (χ1) is 8.86. The molecule has 0 aromatic heterocycles. The molecule has 0 heterocycles. The van der Waals surface area contributed by atoms with E-state index < -0.39 is 0 Å². The molecule has 1 aliphatic carbocycles. The monoisotopic (exact) mass is 264 g/mol. The van der Waals surface area contributed by atoms with E-state index in [1.165, 1.54) is 18.9 Å². The molecule has 1 atom stereocenters. The Kier molecular flexibility index (Phi) is 5.40. The van der Waals surface area contributed by atoms with Crippen molar-refractivity contribution in [3.8, 4) is 0 Å². The topological polar surface area (TPSA) is 38.0 Å². The summed E-state index contributed by atoms with van der Waals surface area (Å²) in [5.74, 6) is 0.394. The van der Waals surface area contributed by atoms with Gasteiger partial charge in [0, 0.05) is 23.0 Å². The minimum atomic E-state index is -0.302. The Bertz CT molecular complexity index is 412. The summed E-state index contributed by atoms with van der Waals surface area (Å²) in [6.07, 6.45) is 4.91. The Hall–Kier alpha value is -1.51. The summed E-state index contributed by atoms with van der Waals surface area (Å²) >= 11 is 0. The number of hydrogen-bond donors (Lipinski definition) is 2. The molecule has 19 heavy (non-hydrogen) atoms. The summed E-state index contributed by atoms with van der Waals surface area (Å²) < 4.78 is 14.2. The highest BCUT2D eigenvalue weighted by atomic mass is 19.1. The van der Waals surface area contributed by atoms with Crippen molar-refractivity contribution >= 4 is 0 Å². The summed E-state index contributed by atoms with van der Waals surface area (Å²) in [6.45, 7) is 13.1. The van der Waals surface area contributed by atoms with Crippen LogP contribution >= 0.6 is 0 Å².